The molecule has 0 saturated carbocycles. The molecule has 1 aromatic carbocycles. The van der Waals surface area contributed by atoms with Crippen LogP contribution in [0.3, 0.4) is 0 Å². The molecule has 0 bridgehead atoms. The zero-order valence-corrected chi connectivity index (χ0v) is 11.3. The van der Waals surface area contributed by atoms with Gasteiger partial charge < -0.3 is 5.32 Å². The first-order chi connectivity index (χ1) is 8.54. The van der Waals surface area contributed by atoms with Gasteiger partial charge in [-0.3, -0.25) is 9.00 Å². The molecule has 96 valence electrons. The summed E-state index contributed by atoms with van der Waals surface area (Å²) in [6, 6.07) is 7.04. The third-order valence-corrected chi connectivity index (χ3v) is 3.33. The summed E-state index contributed by atoms with van der Waals surface area (Å²) in [6.45, 7) is 2.13. The molecule has 0 saturated heterocycles. The van der Waals surface area contributed by atoms with Gasteiger partial charge in [0.15, 0.2) is 5.78 Å². The van der Waals surface area contributed by atoms with Crippen LogP contribution in [0.2, 0.25) is 0 Å². The summed E-state index contributed by atoms with van der Waals surface area (Å²) in [7, 11) is -0.801. The Kier molecular flexibility index (Phi) is 5.53. The molecule has 0 radical (unpaired) electrons. The Balaban J connectivity index is 2.73. The fourth-order valence-corrected chi connectivity index (χ4v) is 2.06. The van der Waals surface area contributed by atoms with Crippen molar-refractivity contribution < 1.29 is 9.00 Å². The van der Waals surface area contributed by atoms with Crippen molar-refractivity contribution in [2.24, 2.45) is 0 Å². The average Bonchev–Trinajstić information content (AvgIpc) is 2.34. The Labute approximate surface area is 109 Å². The van der Waals surface area contributed by atoms with Crippen LogP contribution in [0.5, 0.6) is 0 Å². The summed E-state index contributed by atoms with van der Waals surface area (Å²) >= 11 is 0. The van der Waals surface area contributed by atoms with Crippen LogP contribution in [-0.4, -0.2) is 28.5 Å². The predicted molar refractivity (Wildman–Crippen MR) is 73.2 cm³/mol. The number of nitriles is 1. The lowest BCUT2D eigenvalue weighted by molar-refractivity contribution is 0.101. The van der Waals surface area contributed by atoms with Crippen molar-refractivity contribution in [2.75, 3.05) is 23.9 Å². The second-order valence-corrected chi connectivity index (χ2v) is 5.54. The van der Waals surface area contributed by atoms with Crippen LogP contribution >= 0.6 is 0 Å². The quantitative estimate of drug-likeness (QED) is 0.629. The van der Waals surface area contributed by atoms with Gasteiger partial charge in [-0.25, -0.2) is 0 Å². The number of Topliss-reactive ketones (excluding diaryl/α,β-unsaturated/α-hetero) is 1. The summed E-state index contributed by atoms with van der Waals surface area (Å²) in [5.41, 5.74) is 1.75. The highest BCUT2D eigenvalue weighted by Gasteiger charge is 2.06. The molecule has 0 aromatic heterocycles. The summed E-state index contributed by atoms with van der Waals surface area (Å²) < 4.78 is 10.9. The highest BCUT2D eigenvalue weighted by atomic mass is 32.2. The number of ketones is 1. The van der Waals surface area contributed by atoms with Gasteiger partial charge in [-0.1, -0.05) is 0 Å². The smallest absolute Gasteiger partial charge is 0.159 e. The van der Waals surface area contributed by atoms with E-state index in [0.717, 1.165) is 6.42 Å². The van der Waals surface area contributed by atoms with E-state index >= 15 is 0 Å². The second-order valence-electron chi connectivity index (χ2n) is 3.99. The van der Waals surface area contributed by atoms with E-state index in [1.807, 2.05) is 0 Å². The molecule has 18 heavy (non-hydrogen) atoms. The minimum absolute atomic E-state index is 0.0304. The minimum Gasteiger partial charge on any atom is -0.384 e. The fourth-order valence-electron chi connectivity index (χ4n) is 1.51. The summed E-state index contributed by atoms with van der Waals surface area (Å²) in [4.78, 5) is 11.3. The van der Waals surface area contributed by atoms with Crippen LogP contribution in [0.25, 0.3) is 0 Å². The van der Waals surface area contributed by atoms with E-state index in [-0.39, 0.29) is 5.78 Å². The van der Waals surface area contributed by atoms with Gasteiger partial charge in [0.2, 0.25) is 0 Å². The van der Waals surface area contributed by atoms with E-state index < -0.39 is 10.8 Å². The molecule has 0 aliphatic rings. The van der Waals surface area contributed by atoms with Crippen molar-refractivity contribution in [2.45, 2.75) is 13.3 Å². The number of nitrogens with one attached hydrogen (secondary N) is 1. The van der Waals surface area contributed by atoms with Gasteiger partial charge in [0.1, 0.15) is 6.07 Å². The van der Waals surface area contributed by atoms with Crippen molar-refractivity contribution in [1.29, 1.82) is 5.26 Å². The van der Waals surface area contributed by atoms with Crippen LogP contribution in [0.4, 0.5) is 5.69 Å². The van der Waals surface area contributed by atoms with Crippen LogP contribution in [0.1, 0.15) is 29.3 Å². The third-order valence-electron chi connectivity index (χ3n) is 2.47. The Hall–Kier alpha value is -1.67. The van der Waals surface area contributed by atoms with Gasteiger partial charge in [-0.05, 0) is 31.5 Å². The second kappa shape index (κ2) is 6.92. The molecule has 1 unspecified atom stereocenters. The van der Waals surface area contributed by atoms with E-state index in [4.69, 9.17) is 5.26 Å². The van der Waals surface area contributed by atoms with E-state index in [9.17, 15) is 9.00 Å². The van der Waals surface area contributed by atoms with Crippen LogP contribution in [0, 0.1) is 11.3 Å². The van der Waals surface area contributed by atoms with Crippen molar-refractivity contribution in [1.82, 2.24) is 0 Å². The molecule has 1 rings (SSSR count). The van der Waals surface area contributed by atoms with Gasteiger partial charge in [-0.2, -0.15) is 5.26 Å². The molecular formula is C13H16N2O2S. The molecule has 0 aliphatic heterocycles. The monoisotopic (exact) mass is 264 g/mol. The standard InChI is InChI=1S/C13H16N2O2S/c1-10(16)11-4-5-12(9-14)13(8-11)15-6-3-7-18(2)17/h4-5,8,15H,3,6-7H2,1-2H3. The minimum atomic E-state index is -0.801. The zero-order valence-electron chi connectivity index (χ0n) is 10.5. The Morgan fingerprint density at radius 1 is 1.50 bits per heavy atom. The number of hydrogen-bond donors (Lipinski definition) is 1. The Morgan fingerprint density at radius 3 is 2.78 bits per heavy atom. The molecule has 0 aliphatic carbocycles. The first kappa shape index (κ1) is 14.4. The number of carbonyl (C=O) groups excluding carboxylic acids is 1. The van der Waals surface area contributed by atoms with Gasteiger partial charge >= 0.3 is 0 Å². The van der Waals surface area contributed by atoms with Gasteiger partial charge in [-0.15, -0.1) is 0 Å². The lowest BCUT2D eigenvalue weighted by atomic mass is 10.1. The van der Waals surface area contributed by atoms with E-state index in [2.05, 4.69) is 11.4 Å². The molecule has 4 nitrogen and oxygen atoms in total. The normalized spacial score (nSPS) is 11.6. The molecule has 0 spiro atoms. The molecule has 1 aromatic rings. The average molecular weight is 264 g/mol. The maximum atomic E-state index is 11.3. The molecule has 0 amide bonds. The summed E-state index contributed by atoms with van der Waals surface area (Å²) in [5.74, 6) is 0.596. The van der Waals surface area contributed by atoms with E-state index in [1.165, 1.54) is 6.92 Å². The van der Waals surface area contributed by atoms with E-state index in [1.54, 1.807) is 24.5 Å². The SMILES string of the molecule is CC(=O)c1ccc(C#N)c(NCCCS(C)=O)c1. The largest absolute Gasteiger partial charge is 0.384 e. The lowest BCUT2D eigenvalue weighted by Crippen LogP contribution is -2.08. The molecule has 0 fully saturated rings. The van der Waals surface area contributed by atoms with Crippen molar-refractivity contribution in [3.05, 3.63) is 29.3 Å². The number of rotatable bonds is 6. The fraction of sp³-hybridized carbons (Fsp3) is 0.385. The maximum Gasteiger partial charge on any atom is 0.159 e. The van der Waals surface area contributed by atoms with Crippen LogP contribution in [-0.2, 0) is 10.8 Å². The Bertz CT molecular complexity index is 506. The highest BCUT2D eigenvalue weighted by Crippen LogP contribution is 2.17. The number of hydrogen-bond acceptors (Lipinski definition) is 4. The number of nitrogens with zero attached hydrogens (tertiary/aromatic N) is 1. The van der Waals surface area contributed by atoms with Gasteiger partial charge in [0, 0.05) is 34.9 Å². The van der Waals surface area contributed by atoms with Gasteiger partial charge in [0.05, 0.1) is 11.3 Å². The third kappa shape index (κ3) is 4.30. The highest BCUT2D eigenvalue weighted by molar-refractivity contribution is 7.84. The Morgan fingerprint density at radius 2 is 2.22 bits per heavy atom. The topological polar surface area (TPSA) is 70.0 Å². The molecule has 1 N–H and O–H groups in total. The zero-order chi connectivity index (χ0) is 13.5. The van der Waals surface area contributed by atoms with Crippen molar-refractivity contribution in [3.63, 3.8) is 0 Å². The van der Waals surface area contributed by atoms with Crippen LogP contribution < -0.4 is 5.32 Å². The van der Waals surface area contributed by atoms with Crippen LogP contribution in [0.15, 0.2) is 18.2 Å². The maximum absolute atomic E-state index is 11.3. The summed E-state index contributed by atoms with van der Waals surface area (Å²) in [6.07, 6.45) is 2.43. The molecule has 0 heterocycles. The molecule has 5 heteroatoms. The first-order valence-corrected chi connectivity index (χ1v) is 7.36. The predicted octanol–water partition coefficient (Wildman–Crippen LogP) is 1.94. The number of benzene rings is 1. The first-order valence-electron chi connectivity index (χ1n) is 5.63. The number of carbonyl (C=O) groups is 1. The lowest BCUT2D eigenvalue weighted by Gasteiger charge is -2.09. The molecular weight excluding hydrogens is 248 g/mol. The summed E-state index contributed by atoms with van der Waals surface area (Å²) in [5, 5.41) is 12.1. The van der Waals surface area contributed by atoms with Crippen molar-refractivity contribution >= 4 is 22.3 Å². The van der Waals surface area contributed by atoms with Gasteiger partial charge in [0.25, 0.3) is 0 Å². The molecule has 1 atom stereocenters. The number of anilines is 1. The van der Waals surface area contributed by atoms with E-state index in [0.29, 0.717) is 29.1 Å². The van der Waals surface area contributed by atoms with Crippen molar-refractivity contribution in [3.8, 4) is 6.07 Å².